The van der Waals surface area contributed by atoms with Crippen LogP contribution in [0.25, 0.3) is 0 Å². The van der Waals surface area contributed by atoms with E-state index in [4.69, 9.17) is 0 Å². The predicted octanol–water partition coefficient (Wildman–Crippen LogP) is 3.62. The second-order valence-electron chi connectivity index (χ2n) is 3.36. The highest BCUT2D eigenvalue weighted by molar-refractivity contribution is 7.98. The molecule has 0 amide bonds. The van der Waals surface area contributed by atoms with Crippen LogP contribution in [0.5, 0.6) is 0 Å². The second kappa shape index (κ2) is 3.54. The van der Waals surface area contributed by atoms with Gasteiger partial charge in [0.2, 0.25) is 0 Å². The van der Waals surface area contributed by atoms with Gasteiger partial charge in [-0.3, -0.25) is 4.99 Å². The summed E-state index contributed by atoms with van der Waals surface area (Å²) < 4.78 is 0. The zero-order valence-electron chi connectivity index (χ0n) is 7.79. The van der Waals surface area contributed by atoms with E-state index < -0.39 is 0 Å². The first-order valence-electron chi connectivity index (χ1n) is 4.50. The number of benzene rings is 1. The summed E-state index contributed by atoms with van der Waals surface area (Å²) in [4.78, 5) is 5.26. The van der Waals surface area contributed by atoms with E-state index in [1.54, 1.807) is 11.8 Å². The Kier molecular flexibility index (Phi) is 2.40. The van der Waals surface area contributed by atoms with Crippen LogP contribution in [0.1, 0.15) is 24.3 Å². The van der Waals surface area contributed by atoms with Crippen molar-refractivity contribution in [1.29, 1.82) is 0 Å². The molecule has 0 aliphatic heterocycles. The van der Waals surface area contributed by atoms with Crippen molar-refractivity contribution < 1.29 is 0 Å². The standard InChI is InChI=1S/C11H13NS/c1-12-10-7-9(8-3-4-8)5-6-11(10)13-2/h5-8H,1,3-4H2,2H3. The van der Waals surface area contributed by atoms with Crippen molar-refractivity contribution in [1.82, 2.24) is 0 Å². The maximum Gasteiger partial charge on any atom is 0.0760 e. The van der Waals surface area contributed by atoms with Crippen molar-refractivity contribution >= 4 is 24.2 Å². The van der Waals surface area contributed by atoms with Crippen LogP contribution in [0.15, 0.2) is 28.1 Å². The Hall–Kier alpha value is -0.760. The number of aliphatic imine (C=N–C) groups is 1. The first-order valence-corrected chi connectivity index (χ1v) is 5.72. The quantitative estimate of drug-likeness (QED) is 0.525. The van der Waals surface area contributed by atoms with E-state index in [1.165, 1.54) is 23.3 Å². The minimum Gasteiger partial charge on any atom is -0.263 e. The molecule has 1 fully saturated rings. The SMILES string of the molecule is C=Nc1cc(C2CC2)ccc1SC. The Bertz CT molecular complexity index is 329. The van der Waals surface area contributed by atoms with Gasteiger partial charge >= 0.3 is 0 Å². The topological polar surface area (TPSA) is 12.4 Å². The van der Waals surface area contributed by atoms with Gasteiger partial charge in [-0.2, -0.15) is 0 Å². The molecule has 0 unspecified atom stereocenters. The largest absolute Gasteiger partial charge is 0.263 e. The van der Waals surface area contributed by atoms with E-state index in [0.717, 1.165) is 11.6 Å². The van der Waals surface area contributed by atoms with Gasteiger partial charge in [-0.05, 0) is 49.4 Å². The fourth-order valence-electron chi connectivity index (χ4n) is 1.50. The summed E-state index contributed by atoms with van der Waals surface area (Å²) in [5.74, 6) is 0.802. The molecule has 1 saturated carbocycles. The van der Waals surface area contributed by atoms with Crippen LogP contribution in [-0.2, 0) is 0 Å². The van der Waals surface area contributed by atoms with Crippen LogP contribution in [0.3, 0.4) is 0 Å². The number of rotatable bonds is 3. The molecular weight excluding hydrogens is 178 g/mol. The molecule has 0 radical (unpaired) electrons. The van der Waals surface area contributed by atoms with Gasteiger partial charge in [0.25, 0.3) is 0 Å². The van der Waals surface area contributed by atoms with Crippen LogP contribution in [-0.4, -0.2) is 13.0 Å². The summed E-state index contributed by atoms with van der Waals surface area (Å²) in [6.45, 7) is 3.60. The number of thioether (sulfide) groups is 1. The predicted molar refractivity (Wildman–Crippen MR) is 59.4 cm³/mol. The highest BCUT2D eigenvalue weighted by atomic mass is 32.2. The van der Waals surface area contributed by atoms with Crippen LogP contribution in [0, 0.1) is 0 Å². The maximum absolute atomic E-state index is 4.04. The Morgan fingerprint density at radius 1 is 1.46 bits per heavy atom. The molecule has 13 heavy (non-hydrogen) atoms. The minimum absolute atomic E-state index is 0.802. The average molecular weight is 191 g/mol. The molecule has 1 aromatic carbocycles. The van der Waals surface area contributed by atoms with Crippen molar-refractivity contribution in [2.24, 2.45) is 4.99 Å². The fraction of sp³-hybridized carbons (Fsp3) is 0.364. The normalized spacial score (nSPS) is 15.8. The fourth-order valence-corrected chi connectivity index (χ4v) is 2.04. The number of hydrogen-bond donors (Lipinski definition) is 0. The van der Waals surface area contributed by atoms with Crippen molar-refractivity contribution in [3.05, 3.63) is 23.8 Å². The summed E-state index contributed by atoms with van der Waals surface area (Å²) in [7, 11) is 0. The zero-order valence-corrected chi connectivity index (χ0v) is 8.60. The van der Waals surface area contributed by atoms with E-state index in [2.05, 4.69) is 36.2 Å². The van der Waals surface area contributed by atoms with Crippen molar-refractivity contribution in [3.8, 4) is 0 Å². The summed E-state index contributed by atoms with van der Waals surface area (Å²) in [5.41, 5.74) is 2.47. The zero-order chi connectivity index (χ0) is 9.26. The molecule has 1 aromatic rings. The molecule has 2 heteroatoms. The van der Waals surface area contributed by atoms with Gasteiger partial charge in [-0.25, -0.2) is 0 Å². The van der Waals surface area contributed by atoms with Gasteiger partial charge in [-0.1, -0.05) is 6.07 Å². The highest BCUT2D eigenvalue weighted by Gasteiger charge is 2.23. The molecule has 0 saturated heterocycles. The first-order chi connectivity index (χ1) is 6.35. The van der Waals surface area contributed by atoms with Gasteiger partial charge < -0.3 is 0 Å². The van der Waals surface area contributed by atoms with Gasteiger partial charge in [-0.15, -0.1) is 11.8 Å². The molecule has 0 bridgehead atoms. The summed E-state index contributed by atoms with van der Waals surface area (Å²) in [6, 6.07) is 6.55. The van der Waals surface area contributed by atoms with Crippen LogP contribution < -0.4 is 0 Å². The smallest absolute Gasteiger partial charge is 0.0760 e. The van der Waals surface area contributed by atoms with Gasteiger partial charge in [0.15, 0.2) is 0 Å². The molecule has 1 aliphatic rings. The third-order valence-corrected chi connectivity index (χ3v) is 3.21. The van der Waals surface area contributed by atoms with Gasteiger partial charge in [0, 0.05) is 4.90 Å². The monoisotopic (exact) mass is 191 g/mol. The molecule has 0 N–H and O–H groups in total. The van der Waals surface area contributed by atoms with Gasteiger partial charge in [0.05, 0.1) is 5.69 Å². The average Bonchev–Trinajstić information content (AvgIpc) is 3.00. The molecular formula is C11H13NS. The lowest BCUT2D eigenvalue weighted by Gasteiger charge is -2.04. The molecule has 0 heterocycles. The lowest BCUT2D eigenvalue weighted by Crippen LogP contribution is -1.80. The third-order valence-electron chi connectivity index (χ3n) is 2.42. The first kappa shape index (κ1) is 8.82. The van der Waals surface area contributed by atoms with Crippen LogP contribution in [0.2, 0.25) is 0 Å². The van der Waals surface area contributed by atoms with Crippen LogP contribution in [0.4, 0.5) is 5.69 Å². The van der Waals surface area contributed by atoms with Gasteiger partial charge in [0.1, 0.15) is 0 Å². The lowest BCUT2D eigenvalue weighted by molar-refractivity contribution is 1.12. The van der Waals surface area contributed by atoms with E-state index >= 15 is 0 Å². The van der Waals surface area contributed by atoms with E-state index in [0.29, 0.717) is 0 Å². The van der Waals surface area contributed by atoms with E-state index in [9.17, 15) is 0 Å². The Morgan fingerprint density at radius 3 is 2.77 bits per heavy atom. The number of nitrogens with zero attached hydrogens (tertiary/aromatic N) is 1. The summed E-state index contributed by atoms with van der Waals surface area (Å²) >= 11 is 1.73. The third kappa shape index (κ3) is 1.78. The van der Waals surface area contributed by atoms with E-state index in [-0.39, 0.29) is 0 Å². The summed E-state index contributed by atoms with van der Waals surface area (Å²) in [6.07, 6.45) is 4.76. The van der Waals surface area contributed by atoms with Crippen LogP contribution >= 0.6 is 11.8 Å². The number of hydrogen-bond acceptors (Lipinski definition) is 2. The van der Waals surface area contributed by atoms with Crippen molar-refractivity contribution in [3.63, 3.8) is 0 Å². The minimum atomic E-state index is 0.802. The molecule has 2 rings (SSSR count). The summed E-state index contributed by atoms with van der Waals surface area (Å²) in [5, 5.41) is 0. The van der Waals surface area contributed by atoms with Crippen molar-refractivity contribution in [2.75, 3.05) is 6.26 Å². The lowest BCUT2D eigenvalue weighted by atomic mass is 10.1. The highest BCUT2D eigenvalue weighted by Crippen LogP contribution is 2.42. The molecule has 0 aromatic heterocycles. The maximum atomic E-state index is 4.04. The second-order valence-corrected chi connectivity index (χ2v) is 4.21. The Balaban J connectivity index is 2.36. The van der Waals surface area contributed by atoms with Crippen molar-refractivity contribution in [2.45, 2.75) is 23.7 Å². The molecule has 1 aliphatic carbocycles. The Morgan fingerprint density at radius 2 is 2.23 bits per heavy atom. The molecule has 1 nitrogen and oxygen atoms in total. The molecule has 0 atom stereocenters. The Labute approximate surface area is 83.3 Å². The molecule has 68 valence electrons. The van der Waals surface area contributed by atoms with E-state index in [1.807, 2.05) is 0 Å². The molecule has 0 spiro atoms.